The number of amides is 1. The van der Waals surface area contributed by atoms with Gasteiger partial charge in [-0.05, 0) is 34.8 Å². The Morgan fingerprint density at radius 2 is 2.38 bits per heavy atom. The van der Waals surface area contributed by atoms with Crippen molar-refractivity contribution in [3.05, 3.63) is 20.8 Å². The molecule has 0 aliphatic heterocycles. The SMILES string of the molecule is O=C(CCNC1CC1)NCc1cc(Br)cs1. The van der Waals surface area contributed by atoms with Gasteiger partial charge in [0.2, 0.25) is 5.91 Å². The lowest BCUT2D eigenvalue weighted by Crippen LogP contribution is -2.27. The molecule has 2 N–H and O–H groups in total. The highest BCUT2D eigenvalue weighted by Crippen LogP contribution is 2.19. The first-order valence-corrected chi connectivity index (χ1v) is 7.14. The summed E-state index contributed by atoms with van der Waals surface area (Å²) in [4.78, 5) is 12.6. The van der Waals surface area contributed by atoms with Gasteiger partial charge in [-0.2, -0.15) is 0 Å². The van der Waals surface area contributed by atoms with Crippen LogP contribution in [-0.2, 0) is 11.3 Å². The summed E-state index contributed by atoms with van der Waals surface area (Å²) in [6, 6.07) is 2.72. The third-order valence-corrected chi connectivity index (χ3v) is 4.14. The van der Waals surface area contributed by atoms with Crippen LogP contribution in [0.4, 0.5) is 0 Å². The Bertz CT molecular complexity index is 363. The molecule has 0 bridgehead atoms. The fourth-order valence-corrected chi connectivity index (χ4v) is 2.79. The van der Waals surface area contributed by atoms with Crippen LogP contribution in [0, 0.1) is 0 Å². The molecular formula is C11H15BrN2OS. The Morgan fingerprint density at radius 1 is 1.56 bits per heavy atom. The number of hydrogen-bond acceptors (Lipinski definition) is 3. The van der Waals surface area contributed by atoms with Gasteiger partial charge in [0.1, 0.15) is 0 Å². The zero-order chi connectivity index (χ0) is 11.4. The lowest BCUT2D eigenvalue weighted by molar-refractivity contribution is -0.121. The van der Waals surface area contributed by atoms with E-state index in [0.29, 0.717) is 19.0 Å². The quantitative estimate of drug-likeness (QED) is 0.846. The Hall–Kier alpha value is -0.390. The lowest BCUT2D eigenvalue weighted by atomic mass is 10.3. The van der Waals surface area contributed by atoms with Crippen molar-refractivity contribution in [3.8, 4) is 0 Å². The predicted octanol–water partition coefficient (Wildman–Crippen LogP) is 2.27. The van der Waals surface area contributed by atoms with Gasteiger partial charge >= 0.3 is 0 Å². The number of halogens is 1. The maximum Gasteiger partial charge on any atom is 0.221 e. The van der Waals surface area contributed by atoms with Gasteiger partial charge in [-0.3, -0.25) is 4.79 Å². The van der Waals surface area contributed by atoms with Crippen LogP contribution in [0.1, 0.15) is 24.1 Å². The molecule has 1 fully saturated rings. The molecule has 1 amide bonds. The van der Waals surface area contributed by atoms with Crippen molar-refractivity contribution in [1.29, 1.82) is 0 Å². The smallest absolute Gasteiger partial charge is 0.221 e. The highest BCUT2D eigenvalue weighted by Gasteiger charge is 2.19. The van der Waals surface area contributed by atoms with Gasteiger partial charge in [0, 0.05) is 33.7 Å². The van der Waals surface area contributed by atoms with Crippen molar-refractivity contribution in [2.75, 3.05) is 6.54 Å². The molecule has 1 aromatic heterocycles. The van der Waals surface area contributed by atoms with Gasteiger partial charge in [-0.15, -0.1) is 11.3 Å². The second-order valence-corrected chi connectivity index (χ2v) is 5.90. The zero-order valence-electron chi connectivity index (χ0n) is 8.96. The van der Waals surface area contributed by atoms with Crippen LogP contribution < -0.4 is 10.6 Å². The van der Waals surface area contributed by atoms with E-state index in [4.69, 9.17) is 0 Å². The summed E-state index contributed by atoms with van der Waals surface area (Å²) in [6.45, 7) is 1.43. The average Bonchev–Trinajstić information content (AvgIpc) is 2.98. The van der Waals surface area contributed by atoms with Crippen LogP contribution in [0.25, 0.3) is 0 Å². The number of thiophene rings is 1. The molecule has 16 heavy (non-hydrogen) atoms. The van der Waals surface area contributed by atoms with Crippen molar-refractivity contribution in [1.82, 2.24) is 10.6 Å². The summed E-state index contributed by atoms with van der Waals surface area (Å²) in [5.41, 5.74) is 0. The minimum Gasteiger partial charge on any atom is -0.351 e. The first-order chi connectivity index (χ1) is 7.74. The average molecular weight is 303 g/mol. The van der Waals surface area contributed by atoms with E-state index in [0.717, 1.165) is 11.0 Å². The van der Waals surface area contributed by atoms with Crippen LogP contribution in [-0.4, -0.2) is 18.5 Å². The Labute approximate surface area is 108 Å². The molecule has 3 nitrogen and oxygen atoms in total. The largest absolute Gasteiger partial charge is 0.351 e. The normalized spacial score (nSPS) is 15.1. The molecule has 2 rings (SSSR count). The first-order valence-electron chi connectivity index (χ1n) is 5.47. The molecule has 1 heterocycles. The second-order valence-electron chi connectivity index (χ2n) is 3.99. The molecule has 5 heteroatoms. The van der Waals surface area contributed by atoms with E-state index < -0.39 is 0 Å². The van der Waals surface area contributed by atoms with Crippen molar-refractivity contribution in [2.24, 2.45) is 0 Å². The Morgan fingerprint density at radius 3 is 3.00 bits per heavy atom. The molecular weight excluding hydrogens is 288 g/mol. The molecule has 0 saturated heterocycles. The fourth-order valence-electron chi connectivity index (χ4n) is 1.40. The van der Waals surface area contributed by atoms with Crippen LogP contribution in [0.5, 0.6) is 0 Å². The van der Waals surface area contributed by atoms with E-state index in [2.05, 4.69) is 26.6 Å². The van der Waals surface area contributed by atoms with Crippen molar-refractivity contribution in [3.63, 3.8) is 0 Å². The predicted molar refractivity (Wildman–Crippen MR) is 69.5 cm³/mol. The van der Waals surface area contributed by atoms with E-state index in [1.165, 1.54) is 17.7 Å². The molecule has 1 saturated carbocycles. The summed E-state index contributed by atoms with van der Waals surface area (Å²) in [5, 5.41) is 8.27. The molecule has 0 atom stereocenters. The topological polar surface area (TPSA) is 41.1 Å². The summed E-state index contributed by atoms with van der Waals surface area (Å²) in [6.07, 6.45) is 3.11. The van der Waals surface area contributed by atoms with Crippen LogP contribution in [0.15, 0.2) is 15.9 Å². The summed E-state index contributed by atoms with van der Waals surface area (Å²) >= 11 is 5.04. The van der Waals surface area contributed by atoms with Gasteiger partial charge in [0.15, 0.2) is 0 Å². The summed E-state index contributed by atoms with van der Waals surface area (Å²) < 4.78 is 1.08. The van der Waals surface area contributed by atoms with Gasteiger partial charge in [0.05, 0.1) is 6.54 Å². The van der Waals surface area contributed by atoms with E-state index in [-0.39, 0.29) is 5.91 Å². The molecule has 0 spiro atoms. The van der Waals surface area contributed by atoms with Gasteiger partial charge in [-0.1, -0.05) is 0 Å². The molecule has 1 aliphatic carbocycles. The Kier molecular flexibility index (Phi) is 4.37. The monoisotopic (exact) mass is 302 g/mol. The fraction of sp³-hybridized carbons (Fsp3) is 0.545. The van der Waals surface area contributed by atoms with Crippen molar-refractivity contribution >= 4 is 33.2 Å². The molecule has 1 aromatic rings. The third-order valence-electron chi connectivity index (χ3n) is 2.44. The van der Waals surface area contributed by atoms with E-state index in [9.17, 15) is 4.79 Å². The number of carbonyl (C=O) groups is 1. The van der Waals surface area contributed by atoms with Gasteiger partial charge < -0.3 is 10.6 Å². The van der Waals surface area contributed by atoms with Crippen LogP contribution in [0.3, 0.4) is 0 Å². The summed E-state index contributed by atoms with van der Waals surface area (Å²) in [5.74, 6) is 0.123. The number of rotatable bonds is 6. The Balaban J connectivity index is 1.59. The van der Waals surface area contributed by atoms with E-state index in [1.807, 2.05) is 11.4 Å². The maximum absolute atomic E-state index is 11.5. The number of hydrogen-bond donors (Lipinski definition) is 2. The molecule has 0 unspecified atom stereocenters. The van der Waals surface area contributed by atoms with Crippen molar-refractivity contribution < 1.29 is 4.79 Å². The minimum absolute atomic E-state index is 0.123. The molecule has 88 valence electrons. The molecule has 1 aliphatic rings. The van der Waals surface area contributed by atoms with Crippen LogP contribution in [0.2, 0.25) is 0 Å². The van der Waals surface area contributed by atoms with Crippen LogP contribution >= 0.6 is 27.3 Å². The molecule has 0 radical (unpaired) electrons. The third kappa shape index (κ3) is 4.23. The zero-order valence-corrected chi connectivity index (χ0v) is 11.4. The molecule has 0 aromatic carbocycles. The van der Waals surface area contributed by atoms with Crippen molar-refractivity contribution in [2.45, 2.75) is 31.8 Å². The first kappa shape index (κ1) is 12.1. The highest BCUT2D eigenvalue weighted by molar-refractivity contribution is 9.10. The minimum atomic E-state index is 0.123. The number of nitrogens with one attached hydrogen (secondary N) is 2. The summed E-state index contributed by atoms with van der Waals surface area (Å²) in [7, 11) is 0. The van der Waals surface area contributed by atoms with E-state index >= 15 is 0 Å². The lowest BCUT2D eigenvalue weighted by Gasteiger charge is -2.04. The van der Waals surface area contributed by atoms with Gasteiger partial charge in [-0.25, -0.2) is 0 Å². The number of carbonyl (C=O) groups excluding carboxylic acids is 1. The maximum atomic E-state index is 11.5. The highest BCUT2D eigenvalue weighted by atomic mass is 79.9. The van der Waals surface area contributed by atoms with E-state index in [1.54, 1.807) is 11.3 Å². The van der Waals surface area contributed by atoms with Gasteiger partial charge in [0.25, 0.3) is 0 Å². The standard InChI is InChI=1S/C11H15BrN2OS/c12-8-5-10(16-7-8)6-14-11(15)3-4-13-9-1-2-9/h5,7,9,13H,1-4,6H2,(H,14,15). The second kappa shape index (κ2) is 5.80.